The van der Waals surface area contributed by atoms with Crippen molar-refractivity contribution in [3.8, 4) is 23.0 Å². The summed E-state index contributed by atoms with van der Waals surface area (Å²) >= 11 is 0. The van der Waals surface area contributed by atoms with Gasteiger partial charge in [0.15, 0.2) is 17.1 Å². The van der Waals surface area contributed by atoms with Gasteiger partial charge in [-0.2, -0.15) is 0 Å². The van der Waals surface area contributed by atoms with Crippen molar-refractivity contribution in [3.63, 3.8) is 0 Å². The summed E-state index contributed by atoms with van der Waals surface area (Å²) in [6.07, 6.45) is 1.57. The molecule has 3 bridgehead atoms. The van der Waals surface area contributed by atoms with Gasteiger partial charge in [0.2, 0.25) is 0 Å². The van der Waals surface area contributed by atoms with Crippen molar-refractivity contribution in [1.82, 2.24) is 9.80 Å². The van der Waals surface area contributed by atoms with Crippen LogP contribution in [0.2, 0.25) is 0 Å². The van der Waals surface area contributed by atoms with Crippen LogP contribution in [0.4, 0.5) is 0 Å². The zero-order chi connectivity index (χ0) is 29.5. The number of amides is 1. The van der Waals surface area contributed by atoms with Crippen molar-refractivity contribution in [2.75, 3.05) is 19.6 Å². The molecule has 1 fully saturated rings. The molecular weight excluding hydrogens is 532 g/mol. The quantitative estimate of drug-likeness (QED) is 0.396. The van der Waals surface area contributed by atoms with Crippen molar-refractivity contribution < 1.29 is 43.6 Å². The molecule has 1 amide bonds. The van der Waals surface area contributed by atoms with E-state index in [4.69, 9.17) is 14.2 Å². The first kappa shape index (κ1) is 28.2. The van der Waals surface area contributed by atoms with E-state index in [1.165, 1.54) is 11.0 Å². The summed E-state index contributed by atoms with van der Waals surface area (Å²) in [5.74, 6) is -4.28. The standard InChI is InChI=1S/C30H32N2O9/c1-4-20(32-12-8-11-21(32)17-9-7-10-18(33)13-17)25-22-14-19(28(36)31(5-2)6-3)26-27(25)41-29(37)30(38,15-23(34)39-22)16-24(35)40-26/h4,7,9-10,13-14,21,33,38H,5-6,8,11-12,15-16H2,1-3H3/b20-4-. The fourth-order valence-electron chi connectivity index (χ4n) is 5.75. The smallest absolute Gasteiger partial charge is 0.344 e. The maximum atomic E-state index is 13.6. The summed E-state index contributed by atoms with van der Waals surface area (Å²) in [4.78, 5) is 56.6. The van der Waals surface area contributed by atoms with E-state index in [0.29, 0.717) is 25.3 Å². The molecule has 0 saturated carbocycles. The molecular formula is C30H32N2O9. The number of allylic oxidation sites excluding steroid dienone is 1. The van der Waals surface area contributed by atoms with E-state index in [0.717, 1.165) is 18.4 Å². The zero-order valence-corrected chi connectivity index (χ0v) is 23.1. The molecule has 2 aromatic rings. The number of phenolic OH excluding ortho intramolecular Hbond substituents is 1. The lowest BCUT2D eigenvalue weighted by Gasteiger charge is -2.33. The van der Waals surface area contributed by atoms with Gasteiger partial charge in [0.25, 0.3) is 5.91 Å². The molecule has 11 nitrogen and oxygen atoms in total. The molecule has 2 N–H and O–H groups in total. The van der Waals surface area contributed by atoms with Crippen LogP contribution >= 0.6 is 0 Å². The molecule has 2 unspecified atom stereocenters. The van der Waals surface area contributed by atoms with Crippen molar-refractivity contribution >= 4 is 29.5 Å². The summed E-state index contributed by atoms with van der Waals surface area (Å²) < 4.78 is 17.1. The van der Waals surface area contributed by atoms with Crippen LogP contribution in [-0.4, -0.2) is 69.1 Å². The molecule has 5 rings (SSSR count). The van der Waals surface area contributed by atoms with Crippen LogP contribution in [0, 0.1) is 0 Å². The number of carbonyl (C=O) groups excluding carboxylic acids is 4. The fourth-order valence-corrected chi connectivity index (χ4v) is 5.75. The van der Waals surface area contributed by atoms with Crippen LogP contribution in [0.5, 0.6) is 23.0 Å². The highest BCUT2D eigenvalue weighted by Gasteiger charge is 2.49. The molecule has 41 heavy (non-hydrogen) atoms. The average molecular weight is 565 g/mol. The van der Waals surface area contributed by atoms with Crippen molar-refractivity contribution in [2.24, 2.45) is 0 Å². The van der Waals surface area contributed by atoms with Gasteiger partial charge in [-0.25, -0.2) is 4.79 Å². The molecule has 0 aromatic heterocycles. The van der Waals surface area contributed by atoms with Gasteiger partial charge in [-0.3, -0.25) is 14.4 Å². The number of phenols is 1. The number of ether oxygens (including phenoxy) is 3. The van der Waals surface area contributed by atoms with E-state index in [2.05, 4.69) is 0 Å². The van der Waals surface area contributed by atoms with Gasteiger partial charge in [0, 0.05) is 25.3 Å². The van der Waals surface area contributed by atoms with Gasteiger partial charge in [-0.15, -0.1) is 0 Å². The summed E-state index contributed by atoms with van der Waals surface area (Å²) in [5.41, 5.74) is -1.17. The van der Waals surface area contributed by atoms with Crippen molar-refractivity contribution in [1.29, 1.82) is 0 Å². The van der Waals surface area contributed by atoms with Gasteiger partial charge >= 0.3 is 17.9 Å². The number of fused-ring (bicyclic) bond motifs is 3. The number of hydrogen-bond donors (Lipinski definition) is 2. The monoisotopic (exact) mass is 564 g/mol. The van der Waals surface area contributed by atoms with Crippen LogP contribution in [0.1, 0.15) is 74.0 Å². The van der Waals surface area contributed by atoms with E-state index in [9.17, 15) is 29.4 Å². The highest BCUT2D eigenvalue weighted by Crippen LogP contribution is 2.51. The number of rotatable bonds is 6. The Labute approximate surface area is 236 Å². The molecule has 2 atom stereocenters. The number of esters is 3. The van der Waals surface area contributed by atoms with Crippen LogP contribution in [0.25, 0.3) is 5.70 Å². The van der Waals surface area contributed by atoms with Crippen molar-refractivity contribution in [2.45, 2.75) is 58.1 Å². The number of aromatic hydroxyl groups is 1. The lowest BCUT2D eigenvalue weighted by molar-refractivity contribution is -0.168. The number of nitrogens with zero attached hydrogens (tertiary/aromatic N) is 2. The highest BCUT2D eigenvalue weighted by atomic mass is 16.6. The van der Waals surface area contributed by atoms with Gasteiger partial charge < -0.3 is 34.2 Å². The van der Waals surface area contributed by atoms with Crippen LogP contribution < -0.4 is 14.2 Å². The Morgan fingerprint density at radius 1 is 1.07 bits per heavy atom. The van der Waals surface area contributed by atoms with E-state index < -0.39 is 42.3 Å². The average Bonchev–Trinajstić information content (AvgIpc) is 3.40. The third kappa shape index (κ3) is 5.01. The molecule has 0 spiro atoms. The SMILES string of the molecule is C/C=C(/c1c2cc(C(=O)N(CC)CC)c3c1OC(=O)C(O)(CC(=O)O2)CC(=O)O3)N1CCCC1c1cccc(O)c1. The summed E-state index contributed by atoms with van der Waals surface area (Å²) in [7, 11) is 0. The zero-order valence-electron chi connectivity index (χ0n) is 23.1. The highest BCUT2D eigenvalue weighted by molar-refractivity contribution is 6.03. The van der Waals surface area contributed by atoms with Gasteiger partial charge in [0.1, 0.15) is 11.5 Å². The molecule has 11 heteroatoms. The number of aliphatic hydroxyl groups is 1. The minimum Gasteiger partial charge on any atom is -0.508 e. The molecule has 2 aromatic carbocycles. The maximum Gasteiger partial charge on any atom is 0.344 e. The Bertz CT molecular complexity index is 1460. The molecule has 3 aliphatic heterocycles. The summed E-state index contributed by atoms with van der Waals surface area (Å²) in [6.45, 7) is 6.58. The Kier molecular flexibility index (Phi) is 7.48. The third-order valence-corrected chi connectivity index (χ3v) is 7.72. The van der Waals surface area contributed by atoms with E-state index >= 15 is 0 Å². The van der Waals surface area contributed by atoms with E-state index in [1.54, 1.807) is 45.0 Å². The summed E-state index contributed by atoms with van der Waals surface area (Å²) in [5, 5.41) is 21.2. The topological polar surface area (TPSA) is 143 Å². The second-order valence-electron chi connectivity index (χ2n) is 10.3. The molecule has 0 aliphatic carbocycles. The molecule has 3 heterocycles. The maximum absolute atomic E-state index is 13.6. The molecule has 1 saturated heterocycles. The van der Waals surface area contributed by atoms with E-state index in [1.807, 2.05) is 11.0 Å². The lowest BCUT2D eigenvalue weighted by atomic mass is 9.95. The predicted octanol–water partition coefficient (Wildman–Crippen LogP) is 3.33. The lowest BCUT2D eigenvalue weighted by Crippen LogP contribution is -2.47. The number of benzene rings is 2. The van der Waals surface area contributed by atoms with Crippen LogP contribution in [0.3, 0.4) is 0 Å². The first-order valence-electron chi connectivity index (χ1n) is 13.7. The van der Waals surface area contributed by atoms with Gasteiger partial charge in [-0.1, -0.05) is 18.2 Å². The normalized spacial score (nSPS) is 22.2. The molecule has 216 valence electrons. The number of likely N-dealkylation sites (tertiary alicyclic amines) is 1. The van der Waals surface area contributed by atoms with E-state index in [-0.39, 0.29) is 40.2 Å². The second kappa shape index (κ2) is 10.9. The Balaban J connectivity index is 1.77. The molecule has 3 aliphatic rings. The van der Waals surface area contributed by atoms with Crippen LogP contribution in [-0.2, 0) is 14.4 Å². The van der Waals surface area contributed by atoms with Gasteiger partial charge in [-0.05, 0) is 57.4 Å². The largest absolute Gasteiger partial charge is 0.508 e. The number of hydrogen-bond acceptors (Lipinski definition) is 10. The Morgan fingerprint density at radius 3 is 2.44 bits per heavy atom. The Morgan fingerprint density at radius 2 is 1.78 bits per heavy atom. The third-order valence-electron chi connectivity index (χ3n) is 7.72. The van der Waals surface area contributed by atoms with Crippen LogP contribution in [0.15, 0.2) is 36.4 Å². The fraction of sp³-hybridized carbons (Fsp3) is 0.400. The molecule has 0 radical (unpaired) electrons. The van der Waals surface area contributed by atoms with Crippen molar-refractivity contribution in [3.05, 3.63) is 53.1 Å². The Hall–Kier alpha value is -4.38. The summed E-state index contributed by atoms with van der Waals surface area (Å²) in [6, 6.07) is 8.02. The first-order valence-corrected chi connectivity index (χ1v) is 13.7. The second-order valence-corrected chi connectivity index (χ2v) is 10.3. The predicted molar refractivity (Wildman–Crippen MR) is 145 cm³/mol. The minimum absolute atomic E-state index is 0.0751. The number of carbonyl (C=O) groups is 4. The minimum atomic E-state index is -2.52. The first-order chi connectivity index (χ1) is 19.6. The van der Waals surface area contributed by atoms with Gasteiger partial charge in [0.05, 0.1) is 30.0 Å².